The van der Waals surface area contributed by atoms with Crippen molar-refractivity contribution in [2.75, 3.05) is 12.1 Å². The van der Waals surface area contributed by atoms with E-state index in [1.807, 2.05) is 6.08 Å². The molecule has 1 amide bonds. The number of carbonyl (C=O) groups is 2. The largest absolute Gasteiger partial charge is 0.550 e. The summed E-state index contributed by atoms with van der Waals surface area (Å²) in [4.78, 5) is 23.4. The summed E-state index contributed by atoms with van der Waals surface area (Å²) in [5, 5.41) is 13.8. The number of nitrogens with one attached hydrogen (secondary N) is 1. The van der Waals surface area contributed by atoms with Gasteiger partial charge >= 0.3 is 0 Å². The molecule has 0 bridgehead atoms. The summed E-state index contributed by atoms with van der Waals surface area (Å²) in [6.45, 7) is 0.160. The Bertz CT molecular complexity index is 610. The van der Waals surface area contributed by atoms with E-state index in [0.717, 1.165) is 0 Å². The number of allylic oxidation sites excluding steroid dienone is 2. The third-order valence-corrected chi connectivity index (χ3v) is 3.71. The third kappa shape index (κ3) is 2.69. The van der Waals surface area contributed by atoms with Crippen LogP contribution in [-0.4, -0.2) is 18.7 Å². The maximum Gasteiger partial charge on any atom is 0.231 e. The van der Waals surface area contributed by atoms with Crippen LogP contribution in [0.1, 0.15) is 12.8 Å². The average molecular weight is 288 g/mol. The number of ether oxygens (including phenoxy) is 2. The quantitative estimate of drug-likeness (QED) is 0.827. The molecule has 2 aliphatic rings. The van der Waals surface area contributed by atoms with Crippen LogP contribution < -0.4 is 19.9 Å². The molecule has 6 nitrogen and oxygen atoms in total. The number of fused-ring (bicyclic) bond motifs is 1. The predicted molar refractivity (Wildman–Crippen MR) is 71.6 cm³/mol. The molecule has 0 spiro atoms. The Balaban J connectivity index is 1.73. The van der Waals surface area contributed by atoms with Crippen LogP contribution in [0.25, 0.3) is 0 Å². The molecule has 3 rings (SSSR count). The molecule has 0 saturated carbocycles. The molecule has 1 N–H and O–H groups in total. The maximum absolute atomic E-state index is 12.3. The second kappa shape index (κ2) is 5.47. The van der Waals surface area contributed by atoms with Gasteiger partial charge in [0.25, 0.3) is 0 Å². The van der Waals surface area contributed by atoms with E-state index in [1.54, 1.807) is 24.3 Å². The van der Waals surface area contributed by atoms with Crippen molar-refractivity contribution >= 4 is 17.6 Å². The number of carboxylic acid groups (broad SMARTS) is 1. The minimum Gasteiger partial charge on any atom is -0.550 e. The van der Waals surface area contributed by atoms with Crippen molar-refractivity contribution < 1.29 is 24.2 Å². The zero-order valence-electron chi connectivity index (χ0n) is 11.2. The lowest BCUT2D eigenvalue weighted by molar-refractivity contribution is -0.313. The van der Waals surface area contributed by atoms with E-state index in [-0.39, 0.29) is 12.7 Å². The number of rotatable bonds is 3. The van der Waals surface area contributed by atoms with Crippen LogP contribution in [0.2, 0.25) is 0 Å². The first-order valence-electron chi connectivity index (χ1n) is 6.71. The highest BCUT2D eigenvalue weighted by atomic mass is 16.7. The molecule has 0 saturated heterocycles. The predicted octanol–water partition coefficient (Wildman–Crippen LogP) is 0.686. The molecule has 1 aromatic rings. The minimum atomic E-state index is -1.19. The second-order valence-electron chi connectivity index (χ2n) is 5.03. The number of hydrogen-bond donors (Lipinski definition) is 1. The fourth-order valence-corrected chi connectivity index (χ4v) is 2.57. The van der Waals surface area contributed by atoms with Crippen LogP contribution in [0.5, 0.6) is 11.5 Å². The number of benzene rings is 1. The van der Waals surface area contributed by atoms with Gasteiger partial charge in [-0.3, -0.25) is 4.79 Å². The molecule has 6 heteroatoms. The van der Waals surface area contributed by atoms with Gasteiger partial charge in [-0.25, -0.2) is 0 Å². The number of anilines is 1. The van der Waals surface area contributed by atoms with E-state index in [4.69, 9.17) is 9.47 Å². The van der Waals surface area contributed by atoms with Gasteiger partial charge in [-0.1, -0.05) is 12.2 Å². The SMILES string of the molecule is O=C([O-])[C@H]1CC=CC[C@@H]1C(=O)Nc1ccc2c(c1)OCO2. The summed E-state index contributed by atoms with van der Waals surface area (Å²) < 4.78 is 10.4. The van der Waals surface area contributed by atoms with Crippen molar-refractivity contribution in [2.24, 2.45) is 11.8 Å². The van der Waals surface area contributed by atoms with Crippen LogP contribution >= 0.6 is 0 Å². The second-order valence-corrected chi connectivity index (χ2v) is 5.03. The van der Waals surface area contributed by atoms with Crippen LogP contribution in [0.3, 0.4) is 0 Å². The summed E-state index contributed by atoms with van der Waals surface area (Å²) in [5.41, 5.74) is 0.552. The molecule has 110 valence electrons. The van der Waals surface area contributed by atoms with Gasteiger partial charge in [0.15, 0.2) is 11.5 Å². The summed E-state index contributed by atoms with van der Waals surface area (Å²) in [7, 11) is 0. The standard InChI is InChI=1S/C15H15NO5/c17-14(10-3-1-2-4-11(10)15(18)19)16-9-5-6-12-13(7-9)21-8-20-12/h1-2,5-7,10-11H,3-4,8H2,(H,16,17)(H,18,19)/p-1/t10-,11-/m0/s1. The molecule has 21 heavy (non-hydrogen) atoms. The van der Waals surface area contributed by atoms with Gasteiger partial charge in [0.2, 0.25) is 12.7 Å². The molecule has 1 aromatic carbocycles. The highest BCUT2D eigenvalue weighted by Gasteiger charge is 2.30. The van der Waals surface area contributed by atoms with Crippen molar-refractivity contribution in [3.8, 4) is 11.5 Å². The molecule has 2 atom stereocenters. The normalized spacial score (nSPS) is 22.9. The smallest absolute Gasteiger partial charge is 0.231 e. The topological polar surface area (TPSA) is 87.7 Å². The highest BCUT2D eigenvalue weighted by molar-refractivity contribution is 5.95. The Hall–Kier alpha value is -2.50. The Morgan fingerprint density at radius 3 is 2.57 bits per heavy atom. The van der Waals surface area contributed by atoms with Gasteiger partial charge in [-0.2, -0.15) is 0 Å². The summed E-state index contributed by atoms with van der Waals surface area (Å²) in [6.07, 6.45) is 4.31. The summed E-state index contributed by atoms with van der Waals surface area (Å²) in [6, 6.07) is 5.06. The number of aliphatic carboxylic acids is 1. The van der Waals surface area contributed by atoms with Crippen LogP contribution in [-0.2, 0) is 9.59 Å². The van der Waals surface area contributed by atoms with Gasteiger partial charge in [0.1, 0.15) is 0 Å². The Morgan fingerprint density at radius 1 is 1.10 bits per heavy atom. The first-order chi connectivity index (χ1) is 10.1. The third-order valence-electron chi connectivity index (χ3n) is 3.71. The van der Waals surface area contributed by atoms with E-state index < -0.39 is 17.8 Å². The van der Waals surface area contributed by atoms with Crippen LogP contribution in [0.15, 0.2) is 30.4 Å². The number of carboxylic acids is 1. The van der Waals surface area contributed by atoms with E-state index >= 15 is 0 Å². The minimum absolute atomic E-state index is 0.160. The average Bonchev–Trinajstić information content (AvgIpc) is 2.94. The van der Waals surface area contributed by atoms with E-state index in [0.29, 0.717) is 30.0 Å². The van der Waals surface area contributed by atoms with E-state index in [1.165, 1.54) is 0 Å². The Labute approximate surface area is 121 Å². The molecule has 0 radical (unpaired) electrons. The van der Waals surface area contributed by atoms with Crippen molar-refractivity contribution in [2.45, 2.75) is 12.8 Å². The lowest BCUT2D eigenvalue weighted by Gasteiger charge is -2.28. The monoisotopic (exact) mass is 288 g/mol. The summed E-state index contributed by atoms with van der Waals surface area (Å²) >= 11 is 0. The van der Waals surface area contributed by atoms with Gasteiger partial charge in [-0.05, 0) is 25.0 Å². The van der Waals surface area contributed by atoms with Crippen LogP contribution in [0.4, 0.5) is 5.69 Å². The lowest BCUT2D eigenvalue weighted by atomic mass is 9.82. The van der Waals surface area contributed by atoms with Crippen molar-refractivity contribution in [1.29, 1.82) is 0 Å². The Morgan fingerprint density at radius 2 is 1.81 bits per heavy atom. The fraction of sp³-hybridized carbons (Fsp3) is 0.333. The molecule has 1 heterocycles. The van der Waals surface area contributed by atoms with E-state index in [9.17, 15) is 14.7 Å². The molecule has 0 fully saturated rings. The van der Waals surface area contributed by atoms with Crippen molar-refractivity contribution in [3.63, 3.8) is 0 Å². The van der Waals surface area contributed by atoms with E-state index in [2.05, 4.69) is 5.32 Å². The number of carbonyl (C=O) groups excluding carboxylic acids is 2. The zero-order valence-corrected chi connectivity index (χ0v) is 11.2. The highest BCUT2D eigenvalue weighted by Crippen LogP contribution is 2.35. The van der Waals surface area contributed by atoms with Gasteiger partial charge in [-0.15, -0.1) is 0 Å². The van der Waals surface area contributed by atoms with Crippen molar-refractivity contribution in [1.82, 2.24) is 0 Å². The molecule has 0 unspecified atom stereocenters. The van der Waals surface area contributed by atoms with Gasteiger partial charge < -0.3 is 24.7 Å². The first kappa shape index (κ1) is 13.5. The van der Waals surface area contributed by atoms with Crippen molar-refractivity contribution in [3.05, 3.63) is 30.4 Å². The van der Waals surface area contributed by atoms with Crippen LogP contribution in [0, 0.1) is 11.8 Å². The number of amides is 1. The maximum atomic E-state index is 12.3. The first-order valence-corrected chi connectivity index (χ1v) is 6.71. The summed E-state index contributed by atoms with van der Waals surface area (Å²) in [5.74, 6) is -1.74. The lowest BCUT2D eigenvalue weighted by Crippen LogP contribution is -2.41. The zero-order chi connectivity index (χ0) is 14.8. The van der Waals surface area contributed by atoms with Gasteiger partial charge in [0, 0.05) is 23.6 Å². The fourth-order valence-electron chi connectivity index (χ4n) is 2.57. The molecular weight excluding hydrogens is 274 g/mol. The molecule has 0 aromatic heterocycles. The number of hydrogen-bond acceptors (Lipinski definition) is 5. The van der Waals surface area contributed by atoms with Gasteiger partial charge in [0.05, 0.1) is 5.92 Å². The Kier molecular flexibility index (Phi) is 3.51. The molecular formula is C15H14NO5-. The molecule has 1 aliphatic carbocycles. The molecule has 1 aliphatic heterocycles.